The Bertz CT molecular complexity index is 1690. The summed E-state index contributed by atoms with van der Waals surface area (Å²) in [6, 6.07) is 11.5. The average Bonchev–Trinajstić information content (AvgIpc) is 3.42. The van der Waals surface area contributed by atoms with Crippen molar-refractivity contribution in [3.63, 3.8) is 0 Å². The Morgan fingerprint density at radius 3 is 2.40 bits per heavy atom. The van der Waals surface area contributed by atoms with Gasteiger partial charge < -0.3 is 15.6 Å². The van der Waals surface area contributed by atoms with Crippen molar-refractivity contribution in [2.75, 3.05) is 7.05 Å². The Morgan fingerprint density at radius 2 is 1.70 bits per heavy atom. The molecule has 3 N–H and O–H groups in total. The predicted molar refractivity (Wildman–Crippen MR) is 160 cm³/mol. The maximum atomic E-state index is 14.0. The van der Waals surface area contributed by atoms with Crippen LogP contribution in [0.2, 0.25) is 0 Å². The number of rotatable bonds is 8. The first-order valence-electron chi connectivity index (χ1n) is 13.6. The standard InChI is InChI=1S/C29H22F3N5O2.C2H6.CH5N/c1-17-28-26(6-8-33-17)37(16-35-28)14-27(39)36-25(11-18-9-21(30)13-22(31)10-18)29-23(3-2-7-34-29)19-4-5-24(32)20(12-19)15-38;2*1-2/h2-10,12-13,15-16,25H,11,14H2,1H3,(H,36,39);1-2H3;2H2,1H3. The number of amides is 1. The first-order chi connectivity index (χ1) is 20.8. The third-order valence-electron chi connectivity index (χ3n) is 6.34. The lowest BCUT2D eigenvalue weighted by atomic mass is 9.94. The number of nitrogens with two attached hydrogens (primary N) is 1. The van der Waals surface area contributed by atoms with E-state index in [1.807, 2.05) is 20.8 Å². The molecule has 0 aliphatic rings. The molecule has 2 aromatic carbocycles. The molecule has 11 heteroatoms. The van der Waals surface area contributed by atoms with E-state index in [-0.39, 0.29) is 18.5 Å². The summed E-state index contributed by atoms with van der Waals surface area (Å²) >= 11 is 0. The van der Waals surface area contributed by atoms with Crippen molar-refractivity contribution in [1.82, 2.24) is 24.8 Å². The normalized spacial score (nSPS) is 11.1. The Morgan fingerprint density at radius 1 is 0.977 bits per heavy atom. The molecule has 0 spiro atoms. The van der Waals surface area contributed by atoms with Crippen LogP contribution in [-0.2, 0) is 17.8 Å². The van der Waals surface area contributed by atoms with Gasteiger partial charge in [-0.05, 0) is 67.9 Å². The van der Waals surface area contributed by atoms with E-state index in [0.29, 0.717) is 34.2 Å². The van der Waals surface area contributed by atoms with Crippen molar-refractivity contribution in [2.45, 2.75) is 39.8 Å². The van der Waals surface area contributed by atoms with Crippen LogP contribution in [0.15, 0.2) is 73.3 Å². The maximum Gasteiger partial charge on any atom is 0.240 e. The van der Waals surface area contributed by atoms with Crippen molar-refractivity contribution in [2.24, 2.45) is 5.73 Å². The lowest BCUT2D eigenvalue weighted by molar-refractivity contribution is -0.122. The minimum Gasteiger partial charge on any atom is -0.346 e. The number of imidazole rings is 1. The number of halogens is 3. The molecule has 224 valence electrons. The molecule has 0 radical (unpaired) electrons. The molecular formula is C32H33F3N6O2. The summed E-state index contributed by atoms with van der Waals surface area (Å²) in [7, 11) is 1.50. The van der Waals surface area contributed by atoms with Crippen LogP contribution in [0.5, 0.6) is 0 Å². The SMILES string of the molecule is CC.CN.Cc1nccc2c1ncn2CC(=O)NC(Cc1cc(F)cc(F)c1)c1ncccc1-c1ccc(F)c(C=O)c1. The Labute approximate surface area is 247 Å². The number of aldehydes is 1. The highest BCUT2D eigenvalue weighted by Gasteiger charge is 2.22. The number of hydrogen-bond donors (Lipinski definition) is 2. The number of pyridine rings is 2. The molecule has 3 heterocycles. The molecule has 0 aliphatic heterocycles. The zero-order chi connectivity index (χ0) is 31.5. The second-order valence-corrected chi connectivity index (χ2v) is 9.03. The van der Waals surface area contributed by atoms with Gasteiger partial charge in [-0.15, -0.1) is 0 Å². The fourth-order valence-corrected chi connectivity index (χ4v) is 4.57. The molecule has 8 nitrogen and oxygen atoms in total. The molecule has 0 fully saturated rings. The fourth-order valence-electron chi connectivity index (χ4n) is 4.57. The second-order valence-electron chi connectivity index (χ2n) is 9.03. The number of carbonyl (C=O) groups is 2. The number of benzene rings is 2. The number of aryl methyl sites for hydroxylation is 1. The van der Waals surface area contributed by atoms with Crippen LogP contribution in [0.3, 0.4) is 0 Å². The van der Waals surface area contributed by atoms with Crippen LogP contribution in [-0.4, -0.2) is 38.8 Å². The molecule has 1 unspecified atom stereocenters. The number of fused-ring (bicyclic) bond motifs is 1. The smallest absolute Gasteiger partial charge is 0.240 e. The van der Waals surface area contributed by atoms with Crippen LogP contribution < -0.4 is 11.1 Å². The van der Waals surface area contributed by atoms with E-state index in [9.17, 15) is 22.8 Å². The van der Waals surface area contributed by atoms with Crippen molar-refractivity contribution < 1.29 is 22.8 Å². The topological polar surface area (TPSA) is 116 Å². The van der Waals surface area contributed by atoms with E-state index in [4.69, 9.17) is 0 Å². The molecule has 43 heavy (non-hydrogen) atoms. The number of hydrogen-bond acceptors (Lipinski definition) is 6. The average molecular weight is 591 g/mol. The highest BCUT2D eigenvalue weighted by molar-refractivity contribution is 5.82. The third kappa shape index (κ3) is 7.89. The van der Waals surface area contributed by atoms with E-state index in [2.05, 4.69) is 26.0 Å². The first kappa shape index (κ1) is 32.6. The van der Waals surface area contributed by atoms with Gasteiger partial charge in [0.2, 0.25) is 5.91 Å². The monoisotopic (exact) mass is 590 g/mol. The minimum absolute atomic E-state index is 0.0138. The number of nitrogens with zero attached hydrogens (tertiary/aromatic N) is 4. The van der Waals surface area contributed by atoms with Crippen molar-refractivity contribution >= 4 is 23.2 Å². The van der Waals surface area contributed by atoms with E-state index in [1.54, 1.807) is 35.3 Å². The number of nitrogens with one attached hydrogen (secondary N) is 1. The molecular weight excluding hydrogens is 557 g/mol. The highest BCUT2D eigenvalue weighted by Crippen LogP contribution is 2.30. The van der Waals surface area contributed by atoms with Crippen LogP contribution in [0.1, 0.15) is 47.2 Å². The van der Waals surface area contributed by atoms with E-state index >= 15 is 0 Å². The molecule has 1 amide bonds. The molecule has 5 aromatic rings. The third-order valence-corrected chi connectivity index (χ3v) is 6.34. The van der Waals surface area contributed by atoms with Gasteiger partial charge in [0.25, 0.3) is 0 Å². The fraction of sp³-hybridized carbons (Fsp3) is 0.219. The van der Waals surface area contributed by atoms with Crippen LogP contribution in [0, 0.1) is 24.4 Å². The summed E-state index contributed by atoms with van der Waals surface area (Å²) in [6.07, 6.45) is 5.12. The molecule has 1 atom stereocenters. The molecule has 0 saturated carbocycles. The van der Waals surface area contributed by atoms with Crippen LogP contribution in [0.4, 0.5) is 13.2 Å². The summed E-state index contributed by atoms with van der Waals surface area (Å²) in [4.78, 5) is 37.7. The van der Waals surface area contributed by atoms with Crippen molar-refractivity contribution in [3.05, 3.63) is 113 Å². The van der Waals surface area contributed by atoms with Gasteiger partial charge in [-0.3, -0.25) is 19.6 Å². The zero-order valence-electron chi connectivity index (χ0n) is 24.3. The van der Waals surface area contributed by atoms with Crippen LogP contribution >= 0.6 is 0 Å². The number of aromatic nitrogens is 4. The van der Waals surface area contributed by atoms with Gasteiger partial charge in [0.1, 0.15) is 29.5 Å². The zero-order valence-corrected chi connectivity index (χ0v) is 24.3. The first-order valence-corrected chi connectivity index (χ1v) is 13.6. The molecule has 3 aromatic heterocycles. The van der Waals surface area contributed by atoms with Gasteiger partial charge in [0.05, 0.1) is 34.8 Å². The van der Waals surface area contributed by atoms with Gasteiger partial charge in [-0.25, -0.2) is 18.2 Å². The quantitative estimate of drug-likeness (QED) is 0.223. The van der Waals surface area contributed by atoms with Crippen molar-refractivity contribution in [1.29, 1.82) is 0 Å². The van der Waals surface area contributed by atoms with Gasteiger partial charge in [-0.2, -0.15) is 0 Å². The van der Waals surface area contributed by atoms with E-state index in [1.165, 1.54) is 43.6 Å². The highest BCUT2D eigenvalue weighted by atomic mass is 19.1. The maximum absolute atomic E-state index is 14.0. The summed E-state index contributed by atoms with van der Waals surface area (Å²) in [6.45, 7) is 5.74. The molecule has 0 saturated heterocycles. The molecule has 0 bridgehead atoms. The second kappa shape index (κ2) is 15.4. The van der Waals surface area contributed by atoms with E-state index in [0.717, 1.165) is 17.3 Å². The van der Waals surface area contributed by atoms with Gasteiger partial charge >= 0.3 is 0 Å². The van der Waals surface area contributed by atoms with Crippen molar-refractivity contribution in [3.8, 4) is 11.1 Å². The van der Waals surface area contributed by atoms with Crippen LogP contribution in [0.25, 0.3) is 22.2 Å². The largest absolute Gasteiger partial charge is 0.346 e. The lowest BCUT2D eigenvalue weighted by Gasteiger charge is -2.22. The Kier molecular flexibility index (Phi) is 11.7. The van der Waals surface area contributed by atoms with E-state index < -0.39 is 29.4 Å². The van der Waals surface area contributed by atoms with Gasteiger partial charge in [-0.1, -0.05) is 26.0 Å². The predicted octanol–water partition coefficient (Wildman–Crippen LogP) is 5.73. The Hall–Kier alpha value is -4.90. The lowest BCUT2D eigenvalue weighted by Crippen LogP contribution is -2.33. The summed E-state index contributed by atoms with van der Waals surface area (Å²) < 4.78 is 43.7. The summed E-state index contributed by atoms with van der Waals surface area (Å²) in [5.41, 5.74) is 8.20. The van der Waals surface area contributed by atoms with Gasteiger partial charge in [0.15, 0.2) is 6.29 Å². The summed E-state index contributed by atoms with van der Waals surface area (Å²) in [5.74, 6) is -2.56. The van der Waals surface area contributed by atoms with Gasteiger partial charge in [0, 0.05) is 24.0 Å². The molecule has 0 aliphatic carbocycles. The summed E-state index contributed by atoms with van der Waals surface area (Å²) in [5, 5.41) is 2.93. The minimum atomic E-state index is -0.821. The molecule has 5 rings (SSSR count). The Balaban J connectivity index is 0.00000121. The number of carbonyl (C=O) groups excluding carboxylic acids is 2.